The lowest BCUT2D eigenvalue weighted by atomic mass is 10.0. The van der Waals surface area contributed by atoms with E-state index in [0.717, 1.165) is 24.7 Å². The predicted molar refractivity (Wildman–Crippen MR) is 82.6 cm³/mol. The van der Waals surface area contributed by atoms with E-state index in [2.05, 4.69) is 0 Å². The van der Waals surface area contributed by atoms with Gasteiger partial charge in [0.25, 0.3) is 0 Å². The second kappa shape index (κ2) is 6.58. The van der Waals surface area contributed by atoms with E-state index in [0.29, 0.717) is 13.1 Å². The van der Waals surface area contributed by atoms with Crippen LogP contribution < -0.4 is 5.73 Å². The van der Waals surface area contributed by atoms with Gasteiger partial charge in [-0.3, -0.25) is 4.79 Å². The maximum atomic E-state index is 12.6. The van der Waals surface area contributed by atoms with Gasteiger partial charge in [0.05, 0.1) is 0 Å². The van der Waals surface area contributed by atoms with E-state index in [1.807, 2.05) is 30.3 Å². The molecule has 0 aliphatic carbocycles. The van der Waals surface area contributed by atoms with Crippen molar-refractivity contribution < 1.29 is 13.2 Å². The van der Waals surface area contributed by atoms with Crippen molar-refractivity contribution in [3.8, 4) is 0 Å². The number of nitrogens with zero attached hydrogens (tertiary/aromatic N) is 1. The average Bonchev–Trinajstić information content (AvgIpc) is 2.44. The van der Waals surface area contributed by atoms with Crippen LogP contribution in [0.5, 0.6) is 0 Å². The van der Waals surface area contributed by atoms with Crippen LogP contribution >= 0.6 is 0 Å². The molecule has 0 bridgehead atoms. The zero-order chi connectivity index (χ0) is 15.5. The van der Waals surface area contributed by atoms with E-state index >= 15 is 0 Å². The normalized spacial score (nSPS) is 21.0. The summed E-state index contributed by atoms with van der Waals surface area (Å²) in [7, 11) is -3.46. The first-order chi connectivity index (χ1) is 9.88. The smallest absolute Gasteiger partial charge is 0.241 e. The van der Waals surface area contributed by atoms with Crippen molar-refractivity contribution in [2.24, 2.45) is 5.73 Å². The van der Waals surface area contributed by atoms with Crippen LogP contribution in [0.1, 0.15) is 18.4 Å². The lowest BCUT2D eigenvalue weighted by Crippen LogP contribution is -2.51. The van der Waals surface area contributed by atoms with Crippen LogP contribution in [-0.4, -0.2) is 49.9 Å². The number of nitrogens with two attached hydrogens (primary N) is 1. The lowest BCUT2D eigenvalue weighted by molar-refractivity contribution is -0.131. The molecule has 2 N–H and O–H groups in total. The number of carbonyl (C=O) groups excluding carboxylic acids is 1. The summed E-state index contributed by atoms with van der Waals surface area (Å²) >= 11 is 0. The Bertz CT molecular complexity index is 586. The molecule has 1 aliphatic rings. The zero-order valence-corrected chi connectivity index (χ0v) is 13.1. The number of carbonyl (C=O) groups is 1. The zero-order valence-electron chi connectivity index (χ0n) is 12.2. The summed E-state index contributed by atoms with van der Waals surface area (Å²) in [5.41, 5.74) is 6.73. The summed E-state index contributed by atoms with van der Waals surface area (Å²) in [6.45, 7) is 1.03. The van der Waals surface area contributed by atoms with Crippen molar-refractivity contribution in [3.63, 3.8) is 0 Å². The largest absolute Gasteiger partial charge is 0.340 e. The lowest BCUT2D eigenvalue weighted by Gasteiger charge is -2.33. The molecule has 1 aliphatic heterocycles. The summed E-state index contributed by atoms with van der Waals surface area (Å²) in [5.74, 6) is -0.323. The molecule has 0 radical (unpaired) electrons. The van der Waals surface area contributed by atoms with Crippen molar-refractivity contribution in [2.75, 3.05) is 19.3 Å². The summed E-state index contributed by atoms with van der Waals surface area (Å²) < 4.78 is 24.0. The van der Waals surface area contributed by atoms with Gasteiger partial charge < -0.3 is 10.6 Å². The number of hydrogen-bond acceptors (Lipinski definition) is 4. The Morgan fingerprint density at radius 2 is 2.05 bits per heavy atom. The SMILES string of the molecule is CS(=O)(=O)[C@H](Cc1ccccc1)C(=O)N1CCC[C@@H](N)C1. The fraction of sp³-hybridized carbons (Fsp3) is 0.533. The number of likely N-dealkylation sites (tertiary alicyclic amines) is 1. The van der Waals surface area contributed by atoms with Crippen molar-refractivity contribution >= 4 is 15.7 Å². The van der Waals surface area contributed by atoms with Gasteiger partial charge >= 0.3 is 0 Å². The van der Waals surface area contributed by atoms with Crippen molar-refractivity contribution in [3.05, 3.63) is 35.9 Å². The van der Waals surface area contributed by atoms with Crippen LogP contribution in [0.3, 0.4) is 0 Å². The fourth-order valence-electron chi connectivity index (χ4n) is 2.66. The second-order valence-electron chi connectivity index (χ2n) is 5.69. The Kier molecular flexibility index (Phi) is 5.00. The minimum atomic E-state index is -3.46. The van der Waals surface area contributed by atoms with E-state index in [9.17, 15) is 13.2 Å². The number of rotatable bonds is 4. The highest BCUT2D eigenvalue weighted by Crippen LogP contribution is 2.16. The molecule has 2 rings (SSSR count). The Labute approximate surface area is 126 Å². The minimum Gasteiger partial charge on any atom is -0.340 e. The second-order valence-corrected chi connectivity index (χ2v) is 7.92. The first-order valence-corrected chi connectivity index (χ1v) is 9.10. The Morgan fingerprint density at radius 3 is 2.62 bits per heavy atom. The van der Waals surface area contributed by atoms with Crippen LogP contribution in [0.25, 0.3) is 0 Å². The van der Waals surface area contributed by atoms with E-state index in [1.165, 1.54) is 0 Å². The molecular weight excluding hydrogens is 288 g/mol. The van der Waals surface area contributed by atoms with Gasteiger partial charge in [0.15, 0.2) is 9.84 Å². The number of piperidine rings is 1. The maximum Gasteiger partial charge on any atom is 0.241 e. The number of benzene rings is 1. The predicted octanol–water partition coefficient (Wildman–Crippen LogP) is 0.592. The summed E-state index contributed by atoms with van der Waals surface area (Å²) in [6.07, 6.45) is 3.05. The number of hydrogen-bond donors (Lipinski definition) is 1. The Hall–Kier alpha value is -1.40. The third kappa shape index (κ3) is 4.28. The van der Waals surface area contributed by atoms with E-state index in [4.69, 9.17) is 5.73 Å². The third-order valence-corrected chi connectivity index (χ3v) is 5.23. The van der Waals surface area contributed by atoms with Gasteiger partial charge in [-0.1, -0.05) is 30.3 Å². The molecule has 0 saturated carbocycles. The highest BCUT2D eigenvalue weighted by atomic mass is 32.2. The van der Waals surface area contributed by atoms with Crippen LogP contribution in [0, 0.1) is 0 Å². The van der Waals surface area contributed by atoms with E-state index < -0.39 is 15.1 Å². The van der Waals surface area contributed by atoms with Crippen LogP contribution in [0.15, 0.2) is 30.3 Å². The molecule has 0 spiro atoms. The van der Waals surface area contributed by atoms with Gasteiger partial charge in [-0.2, -0.15) is 0 Å². The first kappa shape index (κ1) is 16.0. The first-order valence-electron chi connectivity index (χ1n) is 7.15. The Balaban J connectivity index is 2.18. The molecule has 116 valence electrons. The molecule has 1 aromatic carbocycles. The molecule has 2 atom stereocenters. The van der Waals surface area contributed by atoms with Crippen LogP contribution in [0.4, 0.5) is 0 Å². The molecule has 1 saturated heterocycles. The fourth-order valence-corrected chi connectivity index (χ4v) is 3.67. The molecule has 6 heteroatoms. The highest BCUT2D eigenvalue weighted by Gasteiger charge is 2.34. The molecule has 5 nitrogen and oxygen atoms in total. The van der Waals surface area contributed by atoms with Gasteiger partial charge in [-0.15, -0.1) is 0 Å². The summed E-state index contributed by atoms with van der Waals surface area (Å²) in [5, 5.41) is -1.02. The van der Waals surface area contributed by atoms with Gasteiger partial charge in [0.1, 0.15) is 5.25 Å². The van der Waals surface area contributed by atoms with Gasteiger partial charge in [0.2, 0.25) is 5.91 Å². The van der Waals surface area contributed by atoms with Crippen LogP contribution in [-0.2, 0) is 21.1 Å². The van der Waals surface area contributed by atoms with Crippen molar-refractivity contribution in [1.29, 1.82) is 0 Å². The number of sulfone groups is 1. The molecule has 1 amide bonds. The number of amides is 1. The van der Waals surface area contributed by atoms with E-state index in [1.54, 1.807) is 4.90 Å². The molecule has 0 unspecified atom stereocenters. The monoisotopic (exact) mass is 310 g/mol. The molecular formula is C15H22N2O3S. The average molecular weight is 310 g/mol. The van der Waals surface area contributed by atoms with Gasteiger partial charge in [-0.25, -0.2) is 8.42 Å². The third-order valence-electron chi connectivity index (χ3n) is 3.83. The van der Waals surface area contributed by atoms with Gasteiger partial charge in [0, 0.05) is 25.4 Å². The molecule has 1 heterocycles. The maximum absolute atomic E-state index is 12.6. The van der Waals surface area contributed by atoms with Crippen molar-refractivity contribution in [1.82, 2.24) is 4.90 Å². The highest BCUT2D eigenvalue weighted by molar-refractivity contribution is 7.92. The Morgan fingerprint density at radius 1 is 1.38 bits per heavy atom. The molecule has 21 heavy (non-hydrogen) atoms. The van der Waals surface area contributed by atoms with Gasteiger partial charge in [-0.05, 0) is 24.8 Å². The van der Waals surface area contributed by atoms with Crippen molar-refractivity contribution in [2.45, 2.75) is 30.6 Å². The minimum absolute atomic E-state index is 0.0559. The molecule has 1 fully saturated rings. The summed E-state index contributed by atoms with van der Waals surface area (Å²) in [4.78, 5) is 14.2. The quantitative estimate of drug-likeness (QED) is 0.883. The van der Waals surface area contributed by atoms with E-state index in [-0.39, 0.29) is 18.4 Å². The standard InChI is InChI=1S/C15H22N2O3S/c1-21(19,20)14(10-12-6-3-2-4-7-12)15(18)17-9-5-8-13(16)11-17/h2-4,6-7,13-14H,5,8-11,16H2,1H3/t13-,14-/m1/s1. The molecule has 1 aromatic rings. The van der Waals surface area contributed by atoms with Crippen LogP contribution in [0.2, 0.25) is 0 Å². The summed E-state index contributed by atoms with van der Waals surface area (Å²) in [6, 6.07) is 9.18. The topological polar surface area (TPSA) is 80.5 Å². The molecule has 0 aromatic heterocycles.